The molecule has 2 aliphatic heterocycles. The Morgan fingerprint density at radius 2 is 1.74 bits per heavy atom. The van der Waals surface area contributed by atoms with Crippen LogP contribution in [0.2, 0.25) is 0 Å². The first kappa shape index (κ1) is 30.4. The second-order valence-corrected chi connectivity index (χ2v) is 15.0. The van der Waals surface area contributed by atoms with E-state index in [0.29, 0.717) is 28.5 Å². The highest BCUT2D eigenvalue weighted by Gasteiger charge is 2.44. The Morgan fingerprint density at radius 3 is 2.45 bits per heavy atom. The Bertz CT molecular complexity index is 1590. The number of para-hydroxylation sites is 1. The molecular formula is C30H38BrN7O3S. The fourth-order valence-electron chi connectivity index (χ4n) is 5.29. The van der Waals surface area contributed by atoms with Crippen LogP contribution in [0.5, 0.6) is 0 Å². The van der Waals surface area contributed by atoms with E-state index in [0.717, 1.165) is 49.7 Å². The number of likely N-dealkylation sites (N-methyl/N-ethyl adjacent to an activating group) is 1. The van der Waals surface area contributed by atoms with Crippen molar-refractivity contribution in [3.63, 3.8) is 0 Å². The molecule has 1 amide bonds. The lowest BCUT2D eigenvalue weighted by atomic mass is 9.86. The first-order valence-corrected chi connectivity index (χ1v) is 16.5. The first-order chi connectivity index (χ1) is 19.9. The fraction of sp³-hybridized carbons (Fsp3) is 0.433. The van der Waals surface area contributed by atoms with Gasteiger partial charge in [0.15, 0.2) is 9.84 Å². The second-order valence-electron chi connectivity index (χ2n) is 11.7. The Morgan fingerprint density at radius 1 is 1.02 bits per heavy atom. The van der Waals surface area contributed by atoms with Crippen LogP contribution in [0.4, 0.5) is 28.8 Å². The number of sulfone groups is 1. The van der Waals surface area contributed by atoms with Crippen LogP contribution >= 0.6 is 15.9 Å². The van der Waals surface area contributed by atoms with Gasteiger partial charge in [-0.2, -0.15) is 4.98 Å². The number of carbonyl (C=O) groups excluding carboxylic acids is 1. The van der Waals surface area contributed by atoms with Crippen LogP contribution in [0.25, 0.3) is 0 Å². The zero-order chi connectivity index (χ0) is 30.2. The maximum absolute atomic E-state index is 13.5. The molecule has 10 nitrogen and oxygen atoms in total. The highest BCUT2D eigenvalue weighted by molar-refractivity contribution is 9.10. The van der Waals surface area contributed by atoms with Crippen molar-refractivity contribution in [1.29, 1.82) is 0 Å². The Balaban J connectivity index is 1.35. The van der Waals surface area contributed by atoms with E-state index in [1.54, 1.807) is 44.3 Å². The number of rotatable bonds is 9. The van der Waals surface area contributed by atoms with Crippen LogP contribution < -0.4 is 15.5 Å². The summed E-state index contributed by atoms with van der Waals surface area (Å²) in [6, 6.07) is 12.7. The van der Waals surface area contributed by atoms with Crippen LogP contribution in [0.1, 0.15) is 33.3 Å². The Hall–Kier alpha value is -3.06. The van der Waals surface area contributed by atoms with Gasteiger partial charge in [-0.15, -0.1) is 0 Å². The van der Waals surface area contributed by atoms with Gasteiger partial charge in [0, 0.05) is 56.8 Å². The number of nitrogens with one attached hydrogen (secondary N) is 2. The summed E-state index contributed by atoms with van der Waals surface area (Å²) in [6.45, 7) is 12.9. The van der Waals surface area contributed by atoms with Gasteiger partial charge in [-0.1, -0.05) is 12.1 Å². The molecule has 1 aromatic heterocycles. The summed E-state index contributed by atoms with van der Waals surface area (Å²) in [5.41, 5.74) is 2.43. The Kier molecular flexibility index (Phi) is 8.62. The maximum Gasteiger partial charge on any atom is 0.237 e. The molecule has 0 spiro atoms. The Labute approximate surface area is 256 Å². The third-order valence-electron chi connectivity index (χ3n) is 8.04. The number of amides is 1. The van der Waals surface area contributed by atoms with E-state index in [1.165, 1.54) is 0 Å². The van der Waals surface area contributed by atoms with Crippen molar-refractivity contribution >= 4 is 60.5 Å². The molecule has 1 saturated heterocycles. The standard InChI is InChI=1S/C30H38BrN7O3S/c1-20(2)42(40,41)26-9-7-6-8-24(26)34-27-23(31)19-32-29(35-27)33-21-10-11-25-22(18-21)30(3,4)28(39)38(25)17-16-37-14-12-36(5)13-15-37/h6-11,18-20H,12-17H2,1-5H3,(H2,32,33,34,35). The van der Waals surface area contributed by atoms with Crippen LogP contribution in [0.3, 0.4) is 0 Å². The van der Waals surface area contributed by atoms with Gasteiger partial charge in [0.05, 0.1) is 25.7 Å². The quantitative estimate of drug-likeness (QED) is 0.336. The van der Waals surface area contributed by atoms with E-state index in [4.69, 9.17) is 0 Å². The van der Waals surface area contributed by atoms with Gasteiger partial charge in [-0.3, -0.25) is 9.69 Å². The number of hydrogen-bond acceptors (Lipinski definition) is 9. The SMILES string of the molecule is CC(C)S(=O)(=O)c1ccccc1Nc1nc(Nc2ccc3c(c2)C(C)(C)C(=O)N3CCN2CCN(C)CC2)ncc1Br. The van der Waals surface area contributed by atoms with E-state index < -0.39 is 20.5 Å². The number of carbonyl (C=O) groups is 1. The molecule has 0 unspecified atom stereocenters. The highest BCUT2D eigenvalue weighted by atomic mass is 79.9. The van der Waals surface area contributed by atoms with Crippen molar-refractivity contribution in [2.24, 2.45) is 0 Å². The smallest absolute Gasteiger partial charge is 0.237 e. The van der Waals surface area contributed by atoms with Crippen molar-refractivity contribution in [1.82, 2.24) is 19.8 Å². The lowest BCUT2D eigenvalue weighted by Crippen LogP contribution is -2.48. The molecule has 5 rings (SSSR count). The topological polar surface area (TPSA) is 111 Å². The molecule has 224 valence electrons. The average molecular weight is 657 g/mol. The van der Waals surface area contributed by atoms with E-state index in [2.05, 4.69) is 53.4 Å². The van der Waals surface area contributed by atoms with Crippen molar-refractivity contribution in [3.05, 3.63) is 58.7 Å². The van der Waals surface area contributed by atoms with Gasteiger partial charge in [-0.25, -0.2) is 13.4 Å². The zero-order valence-corrected chi connectivity index (χ0v) is 27.1. The van der Waals surface area contributed by atoms with Crippen LogP contribution in [-0.4, -0.2) is 85.7 Å². The fourth-order valence-corrected chi connectivity index (χ4v) is 6.78. The monoisotopic (exact) mass is 655 g/mol. The number of nitrogens with zero attached hydrogens (tertiary/aromatic N) is 5. The van der Waals surface area contributed by atoms with Gasteiger partial charge in [0.25, 0.3) is 0 Å². The number of aromatic nitrogens is 2. The van der Waals surface area contributed by atoms with Crippen molar-refractivity contribution in [2.45, 2.75) is 43.3 Å². The first-order valence-electron chi connectivity index (χ1n) is 14.1. The molecule has 2 aromatic carbocycles. The lowest BCUT2D eigenvalue weighted by Gasteiger charge is -2.33. The van der Waals surface area contributed by atoms with Crippen molar-refractivity contribution in [3.8, 4) is 0 Å². The number of benzene rings is 2. The summed E-state index contributed by atoms with van der Waals surface area (Å²) in [7, 11) is -1.37. The van der Waals surface area contributed by atoms with Crippen LogP contribution in [-0.2, 0) is 20.0 Å². The van der Waals surface area contributed by atoms with Crippen LogP contribution in [0.15, 0.2) is 58.0 Å². The molecule has 0 atom stereocenters. The number of fused-ring (bicyclic) bond motifs is 1. The van der Waals surface area contributed by atoms with Gasteiger partial charge < -0.3 is 20.4 Å². The summed E-state index contributed by atoms with van der Waals surface area (Å²) in [4.78, 5) is 29.4. The molecule has 2 aliphatic rings. The molecule has 0 aliphatic carbocycles. The molecule has 42 heavy (non-hydrogen) atoms. The molecule has 3 aromatic rings. The van der Waals surface area contributed by atoms with Gasteiger partial charge >= 0.3 is 0 Å². The summed E-state index contributed by atoms with van der Waals surface area (Å²) in [5.74, 6) is 0.856. The second kappa shape index (κ2) is 11.9. The predicted molar refractivity (Wildman–Crippen MR) is 171 cm³/mol. The number of halogens is 1. The molecule has 0 radical (unpaired) electrons. The van der Waals surface area contributed by atoms with Gasteiger partial charge in [-0.05, 0) is 86.6 Å². The number of piperazine rings is 1. The third-order valence-corrected chi connectivity index (χ3v) is 10.8. The summed E-state index contributed by atoms with van der Waals surface area (Å²) < 4.78 is 26.5. The molecule has 0 bridgehead atoms. The highest BCUT2D eigenvalue weighted by Crippen LogP contribution is 2.43. The van der Waals surface area contributed by atoms with Gasteiger partial charge in [0.2, 0.25) is 11.9 Å². The van der Waals surface area contributed by atoms with E-state index >= 15 is 0 Å². The van der Waals surface area contributed by atoms with Crippen molar-refractivity contribution < 1.29 is 13.2 Å². The van der Waals surface area contributed by atoms with Crippen LogP contribution in [0, 0.1) is 0 Å². The third kappa shape index (κ3) is 6.03. The van der Waals surface area contributed by atoms with E-state index in [-0.39, 0.29) is 10.8 Å². The summed E-state index contributed by atoms with van der Waals surface area (Å²) >= 11 is 3.48. The largest absolute Gasteiger partial charge is 0.338 e. The minimum absolute atomic E-state index is 0.102. The molecule has 12 heteroatoms. The number of anilines is 5. The predicted octanol–water partition coefficient (Wildman–Crippen LogP) is 4.78. The molecule has 1 fully saturated rings. The summed E-state index contributed by atoms with van der Waals surface area (Å²) in [5, 5.41) is 5.86. The zero-order valence-electron chi connectivity index (χ0n) is 24.7. The van der Waals surface area contributed by atoms with Gasteiger partial charge in [0.1, 0.15) is 5.82 Å². The molecule has 3 heterocycles. The van der Waals surface area contributed by atoms with E-state index in [9.17, 15) is 13.2 Å². The minimum atomic E-state index is -3.51. The average Bonchev–Trinajstić information content (AvgIpc) is 3.14. The molecule has 2 N–H and O–H groups in total. The molecular weight excluding hydrogens is 618 g/mol. The van der Waals surface area contributed by atoms with Crippen molar-refractivity contribution in [2.75, 3.05) is 61.8 Å². The maximum atomic E-state index is 13.5. The molecule has 0 saturated carbocycles. The summed E-state index contributed by atoms with van der Waals surface area (Å²) in [6.07, 6.45) is 1.61. The normalized spacial score (nSPS) is 17.5. The number of hydrogen-bond donors (Lipinski definition) is 2. The minimum Gasteiger partial charge on any atom is -0.338 e. The van der Waals surface area contributed by atoms with E-state index in [1.807, 2.05) is 36.9 Å². The lowest BCUT2D eigenvalue weighted by molar-refractivity contribution is -0.122.